The lowest BCUT2D eigenvalue weighted by Crippen LogP contribution is -2.31. The highest BCUT2D eigenvalue weighted by molar-refractivity contribution is 6.46. The van der Waals surface area contributed by atoms with Gasteiger partial charge in [-0.05, 0) is 60.7 Å². The Bertz CT molecular complexity index is 1180. The number of aryl methyl sites for hydroxylation is 1. The summed E-state index contributed by atoms with van der Waals surface area (Å²) >= 11 is 0. The highest BCUT2D eigenvalue weighted by Gasteiger charge is 2.46. The van der Waals surface area contributed by atoms with Gasteiger partial charge < -0.3 is 33.7 Å². The molecule has 1 saturated heterocycles. The standard InChI is InChI=1S/C29H37NO8/c1-17(2)16-38-20-9-10-21(18(3)13-20)26(31)24-25(30(11-8-12-34-4)29(33)27(24)32)19-14-22(35-5)28(37-7)23(15-19)36-6/h9-10,13-15,17,25,31H,8,11-12,16H2,1-7H3/b26-24+. The van der Waals surface area contributed by atoms with Crippen molar-refractivity contribution in [3.05, 3.63) is 52.6 Å². The predicted octanol–water partition coefficient (Wildman–Crippen LogP) is 4.51. The molecule has 0 aromatic heterocycles. The number of carbonyl (C=O) groups is 2. The fourth-order valence-corrected chi connectivity index (χ4v) is 4.50. The van der Waals surface area contributed by atoms with Gasteiger partial charge in [-0.15, -0.1) is 0 Å². The number of benzene rings is 2. The average molecular weight is 528 g/mol. The molecule has 9 heteroatoms. The molecule has 1 N–H and O–H groups in total. The number of rotatable bonds is 12. The molecule has 38 heavy (non-hydrogen) atoms. The summed E-state index contributed by atoms with van der Waals surface area (Å²) in [5, 5.41) is 11.5. The molecule has 0 saturated carbocycles. The summed E-state index contributed by atoms with van der Waals surface area (Å²) < 4.78 is 27.4. The predicted molar refractivity (Wildman–Crippen MR) is 143 cm³/mol. The van der Waals surface area contributed by atoms with E-state index in [1.165, 1.54) is 26.2 Å². The number of hydrogen-bond donors (Lipinski definition) is 1. The lowest BCUT2D eigenvalue weighted by molar-refractivity contribution is -0.140. The number of hydrogen-bond acceptors (Lipinski definition) is 8. The summed E-state index contributed by atoms with van der Waals surface area (Å²) in [5.74, 6) is 0.408. The Morgan fingerprint density at radius 1 is 1.00 bits per heavy atom. The van der Waals surface area contributed by atoms with Crippen LogP contribution in [0, 0.1) is 12.8 Å². The SMILES string of the molecule is COCCCN1C(=O)C(=O)/C(=C(/O)c2ccc(OCC(C)C)cc2C)C1c1cc(OC)c(OC)c(OC)c1. The molecule has 1 atom stereocenters. The third kappa shape index (κ3) is 5.88. The van der Waals surface area contributed by atoms with Crippen molar-refractivity contribution in [2.45, 2.75) is 33.2 Å². The van der Waals surface area contributed by atoms with Gasteiger partial charge in [-0.25, -0.2) is 0 Å². The Hall–Kier alpha value is -3.72. The number of methoxy groups -OCH3 is 4. The topological polar surface area (TPSA) is 104 Å². The number of ether oxygens (including phenoxy) is 5. The van der Waals surface area contributed by atoms with E-state index in [-0.39, 0.29) is 17.9 Å². The molecule has 0 bridgehead atoms. The molecule has 1 amide bonds. The summed E-state index contributed by atoms with van der Waals surface area (Å²) in [4.78, 5) is 28.1. The summed E-state index contributed by atoms with van der Waals surface area (Å²) in [7, 11) is 6.04. The van der Waals surface area contributed by atoms with E-state index < -0.39 is 17.7 Å². The van der Waals surface area contributed by atoms with E-state index in [4.69, 9.17) is 23.7 Å². The van der Waals surface area contributed by atoms with Crippen LogP contribution in [0.15, 0.2) is 35.9 Å². The zero-order valence-electron chi connectivity index (χ0n) is 23.1. The Morgan fingerprint density at radius 3 is 2.18 bits per heavy atom. The third-order valence-corrected chi connectivity index (χ3v) is 6.33. The number of Topliss-reactive ketones (excluding diaryl/α,β-unsaturated/α-hetero) is 1. The molecule has 0 radical (unpaired) electrons. The van der Waals surface area contributed by atoms with E-state index in [0.29, 0.717) is 65.2 Å². The smallest absolute Gasteiger partial charge is 0.295 e. The van der Waals surface area contributed by atoms with Crippen LogP contribution in [0.2, 0.25) is 0 Å². The molecule has 206 valence electrons. The molecule has 2 aromatic rings. The van der Waals surface area contributed by atoms with Gasteiger partial charge >= 0.3 is 0 Å². The van der Waals surface area contributed by atoms with E-state index in [2.05, 4.69) is 13.8 Å². The average Bonchev–Trinajstić information content (AvgIpc) is 3.15. The molecular weight excluding hydrogens is 490 g/mol. The van der Waals surface area contributed by atoms with Crippen LogP contribution < -0.4 is 18.9 Å². The molecule has 1 fully saturated rings. The second kappa shape index (κ2) is 12.7. The third-order valence-electron chi connectivity index (χ3n) is 6.33. The molecule has 1 aliphatic rings. The highest BCUT2D eigenvalue weighted by Crippen LogP contribution is 2.46. The van der Waals surface area contributed by atoms with Crippen LogP contribution in [-0.2, 0) is 14.3 Å². The summed E-state index contributed by atoms with van der Waals surface area (Å²) in [6.07, 6.45) is 0.505. The van der Waals surface area contributed by atoms with E-state index in [1.54, 1.807) is 37.4 Å². The molecule has 1 unspecified atom stereocenters. The number of likely N-dealkylation sites (tertiary alicyclic amines) is 1. The molecule has 2 aromatic carbocycles. The van der Waals surface area contributed by atoms with Gasteiger partial charge in [0, 0.05) is 25.8 Å². The van der Waals surface area contributed by atoms with E-state index >= 15 is 0 Å². The lowest BCUT2D eigenvalue weighted by atomic mass is 9.93. The zero-order chi connectivity index (χ0) is 28.0. The quantitative estimate of drug-likeness (QED) is 0.186. The second-order valence-corrected chi connectivity index (χ2v) is 9.48. The molecule has 9 nitrogen and oxygen atoms in total. The van der Waals surface area contributed by atoms with Crippen LogP contribution >= 0.6 is 0 Å². The lowest BCUT2D eigenvalue weighted by Gasteiger charge is -2.26. The molecule has 3 rings (SSSR count). The van der Waals surface area contributed by atoms with Crippen LogP contribution in [0.5, 0.6) is 23.0 Å². The summed E-state index contributed by atoms with van der Waals surface area (Å²) in [6, 6.07) is 7.74. The second-order valence-electron chi connectivity index (χ2n) is 9.48. The van der Waals surface area contributed by atoms with Crippen molar-refractivity contribution < 1.29 is 38.4 Å². The van der Waals surface area contributed by atoms with Crippen molar-refractivity contribution in [3.8, 4) is 23.0 Å². The van der Waals surface area contributed by atoms with Crippen LogP contribution in [0.4, 0.5) is 0 Å². The number of aliphatic hydroxyl groups excluding tert-OH is 1. The largest absolute Gasteiger partial charge is 0.507 e. The number of nitrogens with zero attached hydrogens (tertiary/aromatic N) is 1. The van der Waals surface area contributed by atoms with Crippen LogP contribution in [-0.4, -0.2) is 69.9 Å². The van der Waals surface area contributed by atoms with E-state index in [9.17, 15) is 14.7 Å². The minimum Gasteiger partial charge on any atom is -0.507 e. The van der Waals surface area contributed by atoms with Crippen molar-refractivity contribution >= 4 is 17.4 Å². The van der Waals surface area contributed by atoms with Crippen LogP contribution in [0.25, 0.3) is 5.76 Å². The van der Waals surface area contributed by atoms with Gasteiger partial charge in [0.05, 0.1) is 39.6 Å². The van der Waals surface area contributed by atoms with Gasteiger partial charge in [0.1, 0.15) is 11.5 Å². The van der Waals surface area contributed by atoms with Gasteiger partial charge in [-0.1, -0.05) is 13.8 Å². The molecular formula is C29H37NO8. The maximum Gasteiger partial charge on any atom is 0.295 e. The maximum atomic E-state index is 13.4. The van der Waals surface area contributed by atoms with Gasteiger partial charge in [-0.3, -0.25) is 9.59 Å². The maximum absolute atomic E-state index is 13.4. The van der Waals surface area contributed by atoms with E-state index in [1.807, 2.05) is 6.92 Å². The highest BCUT2D eigenvalue weighted by atomic mass is 16.5. The first-order valence-corrected chi connectivity index (χ1v) is 12.5. The van der Waals surface area contributed by atoms with Crippen molar-refractivity contribution in [2.75, 3.05) is 48.2 Å². The molecule has 1 aliphatic heterocycles. The van der Waals surface area contributed by atoms with Gasteiger partial charge in [0.15, 0.2) is 11.5 Å². The van der Waals surface area contributed by atoms with Gasteiger partial charge in [0.25, 0.3) is 11.7 Å². The Labute approximate surface area is 223 Å². The van der Waals surface area contributed by atoms with Crippen molar-refractivity contribution in [1.82, 2.24) is 4.90 Å². The Kier molecular flexibility index (Phi) is 9.63. The monoisotopic (exact) mass is 527 g/mol. The Morgan fingerprint density at radius 2 is 1.66 bits per heavy atom. The minimum absolute atomic E-state index is 0.0133. The summed E-state index contributed by atoms with van der Waals surface area (Å²) in [5.41, 5.74) is 1.67. The Balaban J connectivity index is 2.18. The molecule has 0 spiro atoms. The normalized spacial score (nSPS) is 16.7. The minimum atomic E-state index is -0.878. The van der Waals surface area contributed by atoms with Gasteiger partial charge in [-0.2, -0.15) is 0 Å². The number of carbonyl (C=O) groups excluding carboxylic acids is 2. The van der Waals surface area contributed by atoms with Crippen molar-refractivity contribution in [1.29, 1.82) is 0 Å². The summed E-state index contributed by atoms with van der Waals surface area (Å²) in [6.45, 7) is 7.14. The molecule has 1 heterocycles. The van der Waals surface area contributed by atoms with Crippen LogP contribution in [0.1, 0.15) is 43.0 Å². The van der Waals surface area contributed by atoms with Gasteiger partial charge in [0.2, 0.25) is 5.75 Å². The fourth-order valence-electron chi connectivity index (χ4n) is 4.50. The first kappa shape index (κ1) is 28.8. The number of ketones is 1. The van der Waals surface area contributed by atoms with Crippen molar-refractivity contribution in [2.24, 2.45) is 5.92 Å². The first-order valence-electron chi connectivity index (χ1n) is 12.5. The number of aliphatic hydroxyl groups is 1. The fraction of sp³-hybridized carbons (Fsp3) is 0.448. The first-order chi connectivity index (χ1) is 18.2. The van der Waals surface area contributed by atoms with E-state index in [0.717, 1.165) is 0 Å². The van der Waals surface area contributed by atoms with Crippen molar-refractivity contribution in [3.63, 3.8) is 0 Å². The van der Waals surface area contributed by atoms with Crippen LogP contribution in [0.3, 0.4) is 0 Å². The zero-order valence-corrected chi connectivity index (χ0v) is 23.1. The number of amides is 1. The molecule has 0 aliphatic carbocycles.